The molecule has 0 radical (unpaired) electrons. The number of aromatic nitrogens is 6. The van der Waals surface area contributed by atoms with Gasteiger partial charge < -0.3 is 10.2 Å². The minimum absolute atomic E-state index is 0.0701. The summed E-state index contributed by atoms with van der Waals surface area (Å²) in [5, 5.41) is 13.9. The summed E-state index contributed by atoms with van der Waals surface area (Å²) in [6, 6.07) is 1.31. The molecule has 6 rings (SSSR count). The van der Waals surface area contributed by atoms with Crippen LogP contribution < -0.4 is 15.5 Å². The number of anilines is 4. The van der Waals surface area contributed by atoms with E-state index in [1.165, 1.54) is 19.2 Å². The van der Waals surface area contributed by atoms with Crippen LogP contribution in [0.1, 0.15) is 48.6 Å². The maximum absolute atomic E-state index is 14.4. The summed E-state index contributed by atoms with van der Waals surface area (Å²) in [5.74, 6) is 2.00. The lowest BCUT2D eigenvalue weighted by Crippen LogP contribution is -2.40. The predicted molar refractivity (Wildman–Crippen MR) is 117 cm³/mol. The van der Waals surface area contributed by atoms with Gasteiger partial charge in [-0.25, -0.2) is 14.4 Å². The third-order valence-corrected chi connectivity index (χ3v) is 6.76. The molecule has 0 spiro atoms. The van der Waals surface area contributed by atoms with Gasteiger partial charge in [0.15, 0.2) is 5.82 Å². The SMILES string of the molecule is O=C(Nc1ncns1)[C@@H]1C[C@@H](F)CN1c1nc2c(c(Nc3cc(C4CC4)[nH]n3)n1)CCC2. The normalized spacial score (nSPS) is 22.2. The number of H-pyrrole nitrogens is 1. The van der Waals surface area contributed by atoms with E-state index < -0.39 is 12.2 Å². The number of fused-ring (bicyclic) bond motifs is 1. The van der Waals surface area contributed by atoms with Gasteiger partial charge in [-0.15, -0.1) is 0 Å². The molecule has 0 aromatic carbocycles. The van der Waals surface area contributed by atoms with Crippen LogP contribution >= 0.6 is 11.5 Å². The number of halogens is 1. The van der Waals surface area contributed by atoms with Gasteiger partial charge in [0.05, 0.1) is 12.2 Å². The highest BCUT2D eigenvalue weighted by atomic mass is 32.1. The number of rotatable bonds is 6. The van der Waals surface area contributed by atoms with Crippen LogP contribution in [0.15, 0.2) is 12.4 Å². The molecular weight excluding hydrogens is 433 g/mol. The van der Waals surface area contributed by atoms with Crippen LogP contribution in [0.5, 0.6) is 0 Å². The molecule has 1 amide bonds. The first kappa shape index (κ1) is 19.5. The maximum Gasteiger partial charge on any atom is 0.249 e. The first-order valence-corrected chi connectivity index (χ1v) is 11.6. The van der Waals surface area contributed by atoms with Crippen molar-refractivity contribution in [3.8, 4) is 0 Å². The highest BCUT2D eigenvalue weighted by Crippen LogP contribution is 2.40. The molecule has 1 aliphatic heterocycles. The minimum Gasteiger partial charge on any atom is -0.326 e. The minimum atomic E-state index is -1.14. The Morgan fingerprint density at radius 3 is 3.00 bits per heavy atom. The molecule has 4 heterocycles. The lowest BCUT2D eigenvalue weighted by atomic mass is 10.2. The van der Waals surface area contributed by atoms with Crippen molar-refractivity contribution in [1.29, 1.82) is 0 Å². The number of hydrogen-bond donors (Lipinski definition) is 3. The van der Waals surface area contributed by atoms with Crippen LogP contribution in [0.2, 0.25) is 0 Å². The van der Waals surface area contributed by atoms with E-state index in [-0.39, 0.29) is 18.9 Å². The summed E-state index contributed by atoms with van der Waals surface area (Å²) in [4.78, 5) is 28.0. The number of aromatic amines is 1. The zero-order chi connectivity index (χ0) is 21.7. The highest BCUT2D eigenvalue weighted by molar-refractivity contribution is 7.09. The molecule has 3 N–H and O–H groups in total. The van der Waals surface area contributed by atoms with Crippen molar-refractivity contribution in [2.24, 2.45) is 0 Å². The molecule has 0 unspecified atom stereocenters. The van der Waals surface area contributed by atoms with Gasteiger partial charge in [0.1, 0.15) is 24.4 Å². The van der Waals surface area contributed by atoms with Crippen LogP contribution in [0, 0.1) is 0 Å². The van der Waals surface area contributed by atoms with E-state index in [0.29, 0.717) is 28.6 Å². The van der Waals surface area contributed by atoms with Crippen LogP contribution in [0.3, 0.4) is 0 Å². The smallest absolute Gasteiger partial charge is 0.249 e. The Morgan fingerprint density at radius 2 is 2.19 bits per heavy atom. The highest BCUT2D eigenvalue weighted by Gasteiger charge is 2.39. The molecular formula is C20H22FN9OS. The van der Waals surface area contributed by atoms with Gasteiger partial charge in [-0.1, -0.05) is 0 Å². The second-order valence-electron chi connectivity index (χ2n) is 8.50. The fourth-order valence-electron chi connectivity index (χ4n) is 4.45. The fourth-order valence-corrected chi connectivity index (χ4v) is 4.88. The molecule has 3 aliphatic rings. The summed E-state index contributed by atoms with van der Waals surface area (Å²) in [6.45, 7) is 0.0701. The summed E-state index contributed by atoms with van der Waals surface area (Å²) in [7, 11) is 0. The Hall–Kier alpha value is -3.15. The predicted octanol–water partition coefficient (Wildman–Crippen LogP) is 2.72. The van der Waals surface area contributed by atoms with Crippen LogP contribution in [-0.4, -0.2) is 54.2 Å². The first-order valence-electron chi connectivity index (χ1n) is 10.8. The average molecular weight is 456 g/mol. The number of nitrogens with zero attached hydrogens (tertiary/aromatic N) is 6. The average Bonchev–Trinajstić information content (AvgIpc) is 3.21. The molecule has 2 aliphatic carbocycles. The van der Waals surface area contributed by atoms with E-state index in [1.54, 1.807) is 4.90 Å². The summed E-state index contributed by atoms with van der Waals surface area (Å²) in [5.41, 5.74) is 3.14. The maximum atomic E-state index is 14.4. The zero-order valence-corrected chi connectivity index (χ0v) is 18.0. The van der Waals surface area contributed by atoms with Gasteiger partial charge in [0.2, 0.25) is 17.0 Å². The van der Waals surface area contributed by atoms with Gasteiger partial charge in [0.25, 0.3) is 0 Å². The van der Waals surface area contributed by atoms with Crippen molar-refractivity contribution in [2.75, 3.05) is 22.1 Å². The van der Waals surface area contributed by atoms with Gasteiger partial charge in [-0.2, -0.15) is 14.5 Å². The quantitative estimate of drug-likeness (QED) is 0.518. The summed E-state index contributed by atoms with van der Waals surface area (Å²) < 4.78 is 18.3. The van der Waals surface area contributed by atoms with Gasteiger partial charge in [-0.3, -0.25) is 15.2 Å². The zero-order valence-electron chi connectivity index (χ0n) is 17.2. The second-order valence-corrected chi connectivity index (χ2v) is 9.28. The van der Waals surface area contributed by atoms with Gasteiger partial charge in [-0.05, 0) is 32.1 Å². The van der Waals surface area contributed by atoms with E-state index >= 15 is 0 Å². The molecule has 10 nitrogen and oxygen atoms in total. The van der Waals surface area contributed by atoms with E-state index in [0.717, 1.165) is 47.7 Å². The topological polar surface area (TPSA) is 125 Å². The molecule has 1 saturated heterocycles. The molecule has 1 saturated carbocycles. The second kappa shape index (κ2) is 7.76. The Kier molecular flexibility index (Phi) is 4.74. The van der Waals surface area contributed by atoms with Crippen molar-refractivity contribution in [3.63, 3.8) is 0 Å². The van der Waals surface area contributed by atoms with Crippen molar-refractivity contribution in [2.45, 2.75) is 56.7 Å². The van der Waals surface area contributed by atoms with Crippen LogP contribution in [0.25, 0.3) is 0 Å². The standard InChI is InChI=1S/C20H22FN9OS/c21-11-6-15(18(31)27-20-22-9-23-32-20)30(8-11)19-24-13-3-1-2-12(13)17(26-19)25-16-7-14(28-29-16)10-4-5-10/h7,9-11,15H,1-6,8H2,(H,22,23,27,31)(H2,24,25,26,28,29)/t11-,15+/m1/s1. The largest absolute Gasteiger partial charge is 0.326 e. The number of nitrogens with one attached hydrogen (secondary N) is 3. The van der Waals surface area contributed by atoms with E-state index in [1.807, 2.05) is 6.07 Å². The van der Waals surface area contributed by atoms with E-state index in [2.05, 4.69) is 30.2 Å². The van der Waals surface area contributed by atoms with Crippen molar-refractivity contribution < 1.29 is 9.18 Å². The number of carbonyl (C=O) groups is 1. The molecule has 12 heteroatoms. The Morgan fingerprint density at radius 1 is 1.28 bits per heavy atom. The Labute approximate surface area is 187 Å². The van der Waals surface area contributed by atoms with Crippen molar-refractivity contribution >= 4 is 40.2 Å². The molecule has 3 aromatic heterocycles. The summed E-state index contributed by atoms with van der Waals surface area (Å²) >= 11 is 1.08. The Balaban J connectivity index is 1.29. The number of alkyl halides is 1. The number of aryl methyl sites for hydroxylation is 1. The molecule has 32 heavy (non-hydrogen) atoms. The molecule has 166 valence electrons. The molecule has 2 atom stereocenters. The third-order valence-electron chi connectivity index (χ3n) is 6.18. The van der Waals surface area contributed by atoms with Crippen LogP contribution in [0.4, 0.5) is 27.1 Å². The monoisotopic (exact) mass is 455 g/mol. The third kappa shape index (κ3) is 3.68. The van der Waals surface area contributed by atoms with E-state index in [4.69, 9.17) is 9.97 Å². The Bertz CT molecular complexity index is 1150. The molecule has 0 bridgehead atoms. The number of hydrogen-bond acceptors (Lipinski definition) is 9. The number of amides is 1. The number of carbonyl (C=O) groups excluding carboxylic acids is 1. The first-order chi connectivity index (χ1) is 15.6. The molecule has 2 fully saturated rings. The van der Waals surface area contributed by atoms with Gasteiger partial charge in [0, 0.05) is 41.2 Å². The summed E-state index contributed by atoms with van der Waals surface area (Å²) in [6.07, 6.45) is 5.40. The molecule has 3 aromatic rings. The fraction of sp³-hybridized carbons (Fsp3) is 0.500. The van der Waals surface area contributed by atoms with Crippen LogP contribution in [-0.2, 0) is 17.6 Å². The van der Waals surface area contributed by atoms with Gasteiger partial charge >= 0.3 is 0 Å². The van der Waals surface area contributed by atoms with Crippen molar-refractivity contribution in [1.82, 2.24) is 29.5 Å². The lowest BCUT2D eigenvalue weighted by Gasteiger charge is -2.24. The van der Waals surface area contributed by atoms with E-state index in [9.17, 15) is 9.18 Å². The van der Waals surface area contributed by atoms with Crippen molar-refractivity contribution in [3.05, 3.63) is 29.3 Å². The lowest BCUT2D eigenvalue weighted by molar-refractivity contribution is -0.117.